The summed E-state index contributed by atoms with van der Waals surface area (Å²) in [5, 5.41) is 10.6. The fourth-order valence-corrected chi connectivity index (χ4v) is 3.83. The molecule has 9 nitrogen and oxygen atoms in total. The van der Waals surface area contributed by atoms with E-state index in [-0.39, 0.29) is 17.6 Å². The zero-order chi connectivity index (χ0) is 21.4. The lowest BCUT2D eigenvalue weighted by atomic mass is 10.1. The summed E-state index contributed by atoms with van der Waals surface area (Å²) in [4.78, 5) is 29.5. The number of nitrogens with zero attached hydrogens (tertiary/aromatic N) is 3. The SMILES string of the molecule is COc1ccc(-c2n[nH]n3c2nc(=O)c2ccc(C(=O)NCC4CCCO4)cc23)cc1. The number of hydrogen-bond donors (Lipinski definition) is 2. The molecule has 1 atom stereocenters. The number of fused-ring (bicyclic) bond motifs is 3. The maximum Gasteiger partial charge on any atom is 0.281 e. The number of carbonyl (C=O) groups excluding carboxylic acids is 1. The smallest absolute Gasteiger partial charge is 0.281 e. The van der Waals surface area contributed by atoms with Gasteiger partial charge in [-0.25, -0.2) is 9.73 Å². The molecule has 0 spiro atoms. The van der Waals surface area contributed by atoms with Crippen LogP contribution in [0, 0.1) is 0 Å². The van der Waals surface area contributed by atoms with Gasteiger partial charge in [0.1, 0.15) is 11.4 Å². The minimum absolute atomic E-state index is 0.0580. The summed E-state index contributed by atoms with van der Waals surface area (Å²) in [6.07, 6.45) is 2.02. The van der Waals surface area contributed by atoms with Crippen molar-refractivity contribution in [2.24, 2.45) is 0 Å². The van der Waals surface area contributed by atoms with Crippen LogP contribution >= 0.6 is 0 Å². The van der Waals surface area contributed by atoms with E-state index in [1.807, 2.05) is 24.3 Å². The molecule has 0 aliphatic carbocycles. The van der Waals surface area contributed by atoms with Crippen LogP contribution in [-0.4, -0.2) is 52.1 Å². The van der Waals surface area contributed by atoms with Crippen LogP contribution in [0.4, 0.5) is 0 Å². The monoisotopic (exact) mass is 419 g/mol. The first-order valence-corrected chi connectivity index (χ1v) is 10.1. The van der Waals surface area contributed by atoms with Crippen molar-refractivity contribution < 1.29 is 14.3 Å². The second-order valence-corrected chi connectivity index (χ2v) is 7.44. The van der Waals surface area contributed by atoms with Gasteiger partial charge in [0.2, 0.25) is 0 Å². The molecule has 2 aromatic heterocycles. The Morgan fingerprint density at radius 2 is 2.13 bits per heavy atom. The summed E-state index contributed by atoms with van der Waals surface area (Å²) in [5.41, 5.74) is 2.32. The maximum atomic E-state index is 12.7. The van der Waals surface area contributed by atoms with E-state index >= 15 is 0 Å². The minimum Gasteiger partial charge on any atom is -0.497 e. The normalized spacial score (nSPS) is 16.1. The van der Waals surface area contributed by atoms with E-state index in [9.17, 15) is 9.59 Å². The molecule has 1 saturated heterocycles. The van der Waals surface area contributed by atoms with Gasteiger partial charge in [-0.1, -0.05) is 0 Å². The van der Waals surface area contributed by atoms with Crippen LogP contribution in [0.1, 0.15) is 23.2 Å². The third-order valence-electron chi connectivity index (χ3n) is 5.50. The van der Waals surface area contributed by atoms with Crippen LogP contribution in [0.5, 0.6) is 5.75 Å². The van der Waals surface area contributed by atoms with E-state index in [1.165, 1.54) is 0 Å². The van der Waals surface area contributed by atoms with Crippen LogP contribution in [0.15, 0.2) is 47.3 Å². The second kappa shape index (κ2) is 7.84. The Kier molecular flexibility index (Phi) is 4.87. The van der Waals surface area contributed by atoms with Gasteiger partial charge in [0, 0.05) is 24.3 Å². The van der Waals surface area contributed by atoms with E-state index in [1.54, 1.807) is 29.8 Å². The Bertz CT molecular complexity index is 1320. The van der Waals surface area contributed by atoms with Gasteiger partial charge < -0.3 is 14.8 Å². The maximum absolute atomic E-state index is 12.7. The van der Waals surface area contributed by atoms with Gasteiger partial charge in [0.25, 0.3) is 11.5 Å². The number of benzene rings is 2. The van der Waals surface area contributed by atoms with E-state index in [2.05, 4.69) is 20.6 Å². The minimum atomic E-state index is -0.377. The largest absolute Gasteiger partial charge is 0.497 e. The van der Waals surface area contributed by atoms with Crippen molar-refractivity contribution in [1.82, 2.24) is 25.1 Å². The quantitative estimate of drug-likeness (QED) is 0.513. The number of amides is 1. The molecule has 2 N–H and O–H groups in total. The van der Waals surface area contributed by atoms with Crippen LogP contribution in [-0.2, 0) is 4.74 Å². The summed E-state index contributed by atoms with van der Waals surface area (Å²) in [7, 11) is 1.60. The van der Waals surface area contributed by atoms with Crippen LogP contribution < -0.4 is 15.6 Å². The van der Waals surface area contributed by atoms with Gasteiger partial charge in [-0.3, -0.25) is 9.59 Å². The number of ether oxygens (including phenoxy) is 2. The Labute approximate surface area is 177 Å². The van der Waals surface area contributed by atoms with E-state index in [4.69, 9.17) is 9.47 Å². The highest BCUT2D eigenvalue weighted by atomic mass is 16.5. The fraction of sp³-hybridized carbons (Fsp3) is 0.273. The molecule has 1 aliphatic rings. The Morgan fingerprint density at radius 3 is 2.87 bits per heavy atom. The molecule has 1 fully saturated rings. The Morgan fingerprint density at radius 1 is 1.29 bits per heavy atom. The Balaban J connectivity index is 1.53. The molecule has 3 heterocycles. The van der Waals surface area contributed by atoms with E-state index < -0.39 is 0 Å². The van der Waals surface area contributed by atoms with E-state index in [0.717, 1.165) is 30.8 Å². The lowest BCUT2D eigenvalue weighted by molar-refractivity contribution is 0.0858. The zero-order valence-electron chi connectivity index (χ0n) is 16.9. The number of methoxy groups -OCH3 is 1. The number of aromatic amines is 1. The van der Waals surface area contributed by atoms with E-state index in [0.29, 0.717) is 34.4 Å². The molecule has 1 amide bonds. The molecular formula is C22H21N5O4. The fourth-order valence-electron chi connectivity index (χ4n) is 3.83. The standard InChI is InChI=1S/C22H21N5O4/c1-30-15-7-4-13(5-8-15)19-20-24-22(29)17-9-6-14(11-18(17)27(20)26-25-19)21(28)23-12-16-3-2-10-31-16/h4-9,11,16,26H,2-3,10,12H2,1H3,(H,23,28). The van der Waals surface area contributed by atoms with Gasteiger partial charge in [0.15, 0.2) is 5.65 Å². The zero-order valence-corrected chi connectivity index (χ0v) is 16.9. The molecule has 158 valence electrons. The number of hydrogen-bond acceptors (Lipinski definition) is 6. The van der Waals surface area contributed by atoms with Crippen LogP contribution in [0.3, 0.4) is 0 Å². The molecule has 9 heteroatoms. The van der Waals surface area contributed by atoms with Crippen molar-refractivity contribution in [1.29, 1.82) is 0 Å². The average molecular weight is 419 g/mol. The molecule has 4 aromatic rings. The number of rotatable bonds is 5. The number of H-pyrrole nitrogens is 1. The van der Waals surface area contributed by atoms with Crippen molar-refractivity contribution in [3.8, 4) is 17.0 Å². The van der Waals surface area contributed by atoms with Crippen LogP contribution in [0.2, 0.25) is 0 Å². The summed E-state index contributed by atoms with van der Waals surface area (Å²) in [5.74, 6) is 0.503. The van der Waals surface area contributed by atoms with Gasteiger partial charge in [0.05, 0.1) is 24.1 Å². The molecule has 1 unspecified atom stereocenters. The predicted molar refractivity (Wildman–Crippen MR) is 114 cm³/mol. The van der Waals surface area contributed by atoms with Gasteiger partial charge in [-0.05, 0) is 55.3 Å². The van der Waals surface area contributed by atoms with Crippen molar-refractivity contribution in [3.05, 3.63) is 58.4 Å². The summed E-state index contributed by atoms with van der Waals surface area (Å²) >= 11 is 0. The van der Waals surface area contributed by atoms with Gasteiger partial charge in [-0.15, -0.1) is 0 Å². The Hall–Kier alpha value is -3.72. The highest BCUT2D eigenvalue weighted by molar-refractivity contribution is 5.98. The summed E-state index contributed by atoms with van der Waals surface area (Å²) in [6, 6.07) is 12.2. The third-order valence-corrected chi connectivity index (χ3v) is 5.50. The summed E-state index contributed by atoms with van der Waals surface area (Å²) in [6.45, 7) is 1.20. The van der Waals surface area contributed by atoms with Crippen molar-refractivity contribution in [3.63, 3.8) is 0 Å². The van der Waals surface area contributed by atoms with Gasteiger partial charge >= 0.3 is 0 Å². The first-order valence-electron chi connectivity index (χ1n) is 10.1. The first kappa shape index (κ1) is 19.3. The lowest BCUT2D eigenvalue weighted by Gasteiger charge is -2.11. The topological polar surface area (TPSA) is 111 Å². The third kappa shape index (κ3) is 3.53. The molecule has 0 radical (unpaired) electrons. The molecule has 0 saturated carbocycles. The predicted octanol–water partition coefficient (Wildman–Crippen LogP) is 2.16. The van der Waals surface area contributed by atoms with Crippen molar-refractivity contribution >= 4 is 22.5 Å². The van der Waals surface area contributed by atoms with Gasteiger partial charge in [-0.2, -0.15) is 10.1 Å². The highest BCUT2D eigenvalue weighted by Crippen LogP contribution is 2.25. The molecular weight excluding hydrogens is 398 g/mol. The van der Waals surface area contributed by atoms with Crippen LogP contribution in [0.25, 0.3) is 27.8 Å². The lowest BCUT2D eigenvalue weighted by Crippen LogP contribution is -2.31. The number of carbonyl (C=O) groups is 1. The molecule has 2 aromatic carbocycles. The average Bonchev–Trinajstić information content (AvgIpc) is 3.47. The molecule has 1 aliphatic heterocycles. The molecule has 5 rings (SSSR count). The number of nitrogens with one attached hydrogen (secondary N) is 2. The highest BCUT2D eigenvalue weighted by Gasteiger charge is 2.18. The summed E-state index contributed by atoms with van der Waals surface area (Å²) < 4.78 is 12.4. The molecule has 31 heavy (non-hydrogen) atoms. The first-order chi connectivity index (χ1) is 15.1. The number of aromatic nitrogens is 4. The van der Waals surface area contributed by atoms with Crippen molar-refractivity contribution in [2.75, 3.05) is 20.3 Å². The van der Waals surface area contributed by atoms with Crippen molar-refractivity contribution in [2.45, 2.75) is 18.9 Å². The molecule has 0 bridgehead atoms. The second-order valence-electron chi connectivity index (χ2n) is 7.44.